The molecule has 0 saturated carbocycles. The summed E-state index contributed by atoms with van der Waals surface area (Å²) >= 11 is 0. The highest BCUT2D eigenvalue weighted by Crippen LogP contribution is 2.16. The molecule has 0 spiro atoms. The first-order chi connectivity index (χ1) is 9.06. The number of ether oxygens (including phenoxy) is 1. The van der Waals surface area contributed by atoms with Gasteiger partial charge >= 0.3 is 5.97 Å². The molecular weight excluding hydrogens is 238 g/mol. The van der Waals surface area contributed by atoms with Crippen molar-refractivity contribution in [3.63, 3.8) is 0 Å². The van der Waals surface area contributed by atoms with Crippen molar-refractivity contribution < 1.29 is 9.53 Å². The van der Waals surface area contributed by atoms with Crippen LogP contribution >= 0.6 is 0 Å². The van der Waals surface area contributed by atoms with Crippen LogP contribution in [-0.2, 0) is 4.74 Å². The SMILES string of the molecule is CCCCC(CC)COC(=O)c1cc(C)cc(N)c1. The molecule has 0 radical (unpaired) electrons. The lowest BCUT2D eigenvalue weighted by Gasteiger charge is -2.14. The van der Waals surface area contributed by atoms with Gasteiger partial charge in [0.2, 0.25) is 0 Å². The Morgan fingerprint density at radius 2 is 2.05 bits per heavy atom. The second-order valence-electron chi connectivity index (χ2n) is 5.15. The number of aryl methyl sites for hydroxylation is 1. The molecular formula is C16H25NO2. The van der Waals surface area contributed by atoms with Crippen molar-refractivity contribution in [3.05, 3.63) is 29.3 Å². The lowest BCUT2D eigenvalue weighted by atomic mass is 10.0. The van der Waals surface area contributed by atoms with Crippen LogP contribution in [0.3, 0.4) is 0 Å². The van der Waals surface area contributed by atoms with Crippen LogP contribution in [0.2, 0.25) is 0 Å². The summed E-state index contributed by atoms with van der Waals surface area (Å²) in [5.41, 5.74) is 7.86. The number of esters is 1. The number of anilines is 1. The summed E-state index contributed by atoms with van der Waals surface area (Å²) in [6.45, 7) is 6.74. The molecule has 0 fully saturated rings. The second-order valence-corrected chi connectivity index (χ2v) is 5.15. The fraction of sp³-hybridized carbons (Fsp3) is 0.562. The Morgan fingerprint density at radius 1 is 1.32 bits per heavy atom. The molecule has 1 aromatic carbocycles. The third-order valence-electron chi connectivity index (χ3n) is 3.33. The largest absolute Gasteiger partial charge is 0.462 e. The minimum atomic E-state index is -0.273. The van der Waals surface area contributed by atoms with Crippen molar-refractivity contribution in [1.82, 2.24) is 0 Å². The summed E-state index contributed by atoms with van der Waals surface area (Å²) in [5.74, 6) is 0.191. The molecule has 1 atom stereocenters. The minimum absolute atomic E-state index is 0.273. The van der Waals surface area contributed by atoms with Crippen molar-refractivity contribution >= 4 is 11.7 Å². The van der Waals surface area contributed by atoms with Crippen LogP contribution in [0.25, 0.3) is 0 Å². The smallest absolute Gasteiger partial charge is 0.338 e. The Hall–Kier alpha value is -1.51. The normalized spacial score (nSPS) is 12.2. The van der Waals surface area contributed by atoms with Crippen LogP contribution in [0.1, 0.15) is 55.5 Å². The van der Waals surface area contributed by atoms with E-state index in [2.05, 4.69) is 13.8 Å². The fourth-order valence-corrected chi connectivity index (χ4v) is 2.11. The van der Waals surface area contributed by atoms with E-state index in [9.17, 15) is 4.79 Å². The fourth-order valence-electron chi connectivity index (χ4n) is 2.11. The van der Waals surface area contributed by atoms with Crippen molar-refractivity contribution in [2.45, 2.75) is 46.5 Å². The van der Waals surface area contributed by atoms with Gasteiger partial charge in [0, 0.05) is 5.69 Å². The van der Waals surface area contributed by atoms with E-state index in [0.717, 1.165) is 18.4 Å². The minimum Gasteiger partial charge on any atom is -0.462 e. The predicted molar refractivity (Wildman–Crippen MR) is 79.2 cm³/mol. The number of benzene rings is 1. The maximum atomic E-state index is 12.0. The summed E-state index contributed by atoms with van der Waals surface area (Å²) in [5, 5.41) is 0. The Kier molecular flexibility index (Phi) is 6.40. The summed E-state index contributed by atoms with van der Waals surface area (Å²) in [6.07, 6.45) is 4.53. The maximum absolute atomic E-state index is 12.0. The molecule has 1 rings (SSSR count). The number of unbranched alkanes of at least 4 members (excludes halogenated alkanes) is 1. The highest BCUT2D eigenvalue weighted by Gasteiger charge is 2.12. The number of nitrogen functional groups attached to an aromatic ring is 1. The van der Waals surface area contributed by atoms with Gasteiger partial charge in [-0.25, -0.2) is 4.79 Å². The summed E-state index contributed by atoms with van der Waals surface area (Å²) in [6, 6.07) is 5.32. The van der Waals surface area contributed by atoms with Gasteiger partial charge in [0.1, 0.15) is 0 Å². The second kappa shape index (κ2) is 7.82. The van der Waals surface area contributed by atoms with E-state index in [1.165, 1.54) is 12.8 Å². The van der Waals surface area contributed by atoms with Crippen LogP contribution < -0.4 is 5.73 Å². The number of carbonyl (C=O) groups is 1. The van der Waals surface area contributed by atoms with Gasteiger partial charge in [-0.05, 0) is 43.0 Å². The van der Waals surface area contributed by atoms with Gasteiger partial charge in [0.25, 0.3) is 0 Å². The topological polar surface area (TPSA) is 52.3 Å². The van der Waals surface area contributed by atoms with Gasteiger partial charge in [0.15, 0.2) is 0 Å². The third-order valence-corrected chi connectivity index (χ3v) is 3.33. The van der Waals surface area contributed by atoms with E-state index < -0.39 is 0 Å². The zero-order valence-corrected chi connectivity index (χ0v) is 12.2. The molecule has 1 unspecified atom stereocenters. The van der Waals surface area contributed by atoms with E-state index in [0.29, 0.717) is 23.8 Å². The average molecular weight is 263 g/mol. The predicted octanol–water partition coefficient (Wildman–Crippen LogP) is 3.95. The number of carbonyl (C=O) groups excluding carboxylic acids is 1. The molecule has 0 saturated heterocycles. The Bertz CT molecular complexity index is 395. The molecule has 0 aromatic heterocycles. The van der Waals surface area contributed by atoms with Gasteiger partial charge in [0.05, 0.1) is 12.2 Å². The van der Waals surface area contributed by atoms with Crippen molar-refractivity contribution in [1.29, 1.82) is 0 Å². The highest BCUT2D eigenvalue weighted by molar-refractivity contribution is 5.90. The summed E-state index contributed by atoms with van der Waals surface area (Å²) in [7, 11) is 0. The molecule has 0 aliphatic heterocycles. The van der Waals surface area contributed by atoms with Crippen LogP contribution in [0.5, 0.6) is 0 Å². The molecule has 0 amide bonds. The third kappa shape index (κ3) is 5.33. The van der Waals surface area contributed by atoms with E-state index in [1.54, 1.807) is 6.07 Å². The van der Waals surface area contributed by atoms with E-state index in [1.807, 2.05) is 19.1 Å². The first kappa shape index (κ1) is 15.5. The first-order valence-electron chi connectivity index (χ1n) is 7.11. The molecule has 19 heavy (non-hydrogen) atoms. The molecule has 106 valence electrons. The number of hydrogen-bond donors (Lipinski definition) is 1. The highest BCUT2D eigenvalue weighted by atomic mass is 16.5. The molecule has 0 aliphatic rings. The number of rotatable bonds is 7. The maximum Gasteiger partial charge on any atom is 0.338 e. The summed E-state index contributed by atoms with van der Waals surface area (Å²) in [4.78, 5) is 12.0. The van der Waals surface area contributed by atoms with Gasteiger partial charge in [-0.2, -0.15) is 0 Å². The number of hydrogen-bond acceptors (Lipinski definition) is 3. The Balaban J connectivity index is 2.54. The standard InChI is InChI=1S/C16H25NO2/c1-4-6-7-13(5-2)11-19-16(18)14-8-12(3)9-15(17)10-14/h8-10,13H,4-7,11,17H2,1-3H3. The quantitative estimate of drug-likeness (QED) is 0.598. The van der Waals surface area contributed by atoms with Crippen molar-refractivity contribution in [3.8, 4) is 0 Å². The van der Waals surface area contributed by atoms with E-state index in [4.69, 9.17) is 10.5 Å². The summed E-state index contributed by atoms with van der Waals surface area (Å²) < 4.78 is 5.39. The molecule has 3 nitrogen and oxygen atoms in total. The van der Waals surface area contributed by atoms with Gasteiger partial charge in [-0.1, -0.05) is 33.1 Å². The molecule has 0 aliphatic carbocycles. The lowest BCUT2D eigenvalue weighted by molar-refractivity contribution is 0.0428. The molecule has 0 heterocycles. The zero-order chi connectivity index (χ0) is 14.3. The molecule has 3 heteroatoms. The van der Waals surface area contributed by atoms with Crippen molar-refractivity contribution in [2.75, 3.05) is 12.3 Å². The van der Waals surface area contributed by atoms with Gasteiger partial charge in [-0.15, -0.1) is 0 Å². The van der Waals surface area contributed by atoms with Crippen LogP contribution in [0, 0.1) is 12.8 Å². The lowest BCUT2D eigenvalue weighted by Crippen LogP contribution is -2.14. The Labute approximate surface area is 116 Å². The average Bonchev–Trinajstić information content (AvgIpc) is 2.37. The van der Waals surface area contributed by atoms with E-state index >= 15 is 0 Å². The van der Waals surface area contributed by atoms with Crippen LogP contribution in [0.15, 0.2) is 18.2 Å². The van der Waals surface area contributed by atoms with Crippen LogP contribution in [0.4, 0.5) is 5.69 Å². The number of nitrogens with two attached hydrogens (primary N) is 1. The van der Waals surface area contributed by atoms with Crippen molar-refractivity contribution in [2.24, 2.45) is 5.92 Å². The first-order valence-corrected chi connectivity index (χ1v) is 7.11. The van der Waals surface area contributed by atoms with E-state index in [-0.39, 0.29) is 5.97 Å². The molecule has 0 bridgehead atoms. The Morgan fingerprint density at radius 3 is 2.63 bits per heavy atom. The van der Waals surface area contributed by atoms with Gasteiger partial charge < -0.3 is 10.5 Å². The zero-order valence-electron chi connectivity index (χ0n) is 12.2. The van der Waals surface area contributed by atoms with Gasteiger partial charge in [-0.3, -0.25) is 0 Å². The van der Waals surface area contributed by atoms with Crippen LogP contribution in [-0.4, -0.2) is 12.6 Å². The monoisotopic (exact) mass is 263 g/mol. The molecule has 1 aromatic rings. The molecule has 2 N–H and O–H groups in total.